The Bertz CT molecular complexity index is 818. The largest absolute Gasteiger partial charge is 0.494 e. The first-order chi connectivity index (χ1) is 11.2. The number of aromatic amines is 1. The molecule has 8 heteroatoms. The van der Waals surface area contributed by atoms with Crippen LogP contribution in [0.15, 0.2) is 40.9 Å². The van der Waals surface area contributed by atoms with Gasteiger partial charge < -0.3 is 4.74 Å². The topological polar surface area (TPSA) is 67.9 Å². The van der Waals surface area contributed by atoms with Crippen molar-refractivity contribution >= 4 is 28.9 Å². The van der Waals surface area contributed by atoms with Crippen molar-refractivity contribution < 1.29 is 13.9 Å². The molecule has 2 heterocycles. The van der Waals surface area contributed by atoms with Crippen LogP contribution in [0, 0.1) is 5.82 Å². The molecule has 3 rings (SSSR count). The second kappa shape index (κ2) is 6.93. The smallest absolute Gasteiger partial charge is 0.209 e. The maximum absolute atomic E-state index is 13.6. The molecular formula is C15H12FN3O2S2. The molecule has 0 aliphatic rings. The number of methoxy groups -OCH3 is 1. The summed E-state index contributed by atoms with van der Waals surface area (Å²) in [6.07, 6.45) is 0. The Balaban J connectivity index is 1.64. The lowest BCUT2D eigenvalue weighted by atomic mass is 10.1. The summed E-state index contributed by atoms with van der Waals surface area (Å²) in [5.74, 6) is 0.169. The quantitative estimate of drug-likeness (QED) is 0.543. The number of hydrogen-bond acceptors (Lipinski definition) is 6. The van der Waals surface area contributed by atoms with Crippen molar-refractivity contribution in [1.29, 1.82) is 0 Å². The zero-order valence-electron chi connectivity index (χ0n) is 12.1. The van der Waals surface area contributed by atoms with Gasteiger partial charge in [-0.3, -0.25) is 9.89 Å². The van der Waals surface area contributed by atoms with Crippen LogP contribution in [-0.4, -0.2) is 33.8 Å². The van der Waals surface area contributed by atoms with E-state index in [2.05, 4.69) is 15.2 Å². The van der Waals surface area contributed by atoms with E-state index in [4.69, 9.17) is 4.74 Å². The van der Waals surface area contributed by atoms with E-state index in [1.807, 2.05) is 17.5 Å². The van der Waals surface area contributed by atoms with E-state index in [0.29, 0.717) is 16.5 Å². The van der Waals surface area contributed by atoms with Crippen molar-refractivity contribution in [2.45, 2.75) is 5.16 Å². The number of thiophene rings is 1. The van der Waals surface area contributed by atoms with Gasteiger partial charge in [0, 0.05) is 5.56 Å². The van der Waals surface area contributed by atoms with Gasteiger partial charge in [0.25, 0.3) is 0 Å². The van der Waals surface area contributed by atoms with Gasteiger partial charge in [-0.25, -0.2) is 9.37 Å². The number of hydrogen-bond donors (Lipinski definition) is 1. The number of carbonyl (C=O) groups excluding carboxylic acids is 1. The Labute approximate surface area is 139 Å². The first kappa shape index (κ1) is 15.7. The molecule has 1 aromatic carbocycles. The molecule has 5 nitrogen and oxygen atoms in total. The number of Topliss-reactive ketones (excluding diaryl/α,β-unsaturated/α-hetero) is 1. The first-order valence-corrected chi connectivity index (χ1v) is 8.49. The van der Waals surface area contributed by atoms with Gasteiger partial charge in [-0.2, -0.15) is 0 Å². The summed E-state index contributed by atoms with van der Waals surface area (Å²) in [5, 5.41) is 9.34. The van der Waals surface area contributed by atoms with E-state index in [0.717, 1.165) is 4.88 Å². The number of nitrogens with zero attached hydrogens (tertiary/aromatic N) is 2. The Kier molecular flexibility index (Phi) is 4.73. The Hall–Kier alpha value is -2.19. The van der Waals surface area contributed by atoms with Crippen LogP contribution in [0.4, 0.5) is 4.39 Å². The van der Waals surface area contributed by atoms with Gasteiger partial charge in [-0.05, 0) is 29.6 Å². The molecule has 0 saturated carbocycles. The normalized spacial score (nSPS) is 10.7. The SMILES string of the molecule is COc1ccc(C(=O)CSc2n[nH]c(-c3cccs3)n2)cc1F. The third-order valence-electron chi connectivity index (χ3n) is 3.03. The van der Waals surface area contributed by atoms with E-state index in [1.165, 1.54) is 31.0 Å². The van der Waals surface area contributed by atoms with E-state index in [1.54, 1.807) is 17.4 Å². The number of halogens is 1. The van der Waals surface area contributed by atoms with Crippen molar-refractivity contribution in [2.75, 3.05) is 12.9 Å². The van der Waals surface area contributed by atoms with Gasteiger partial charge in [0.05, 0.1) is 17.7 Å². The highest BCUT2D eigenvalue weighted by Gasteiger charge is 2.13. The number of H-pyrrole nitrogens is 1. The number of aromatic nitrogens is 3. The molecule has 0 radical (unpaired) electrons. The highest BCUT2D eigenvalue weighted by molar-refractivity contribution is 7.99. The summed E-state index contributed by atoms with van der Waals surface area (Å²) in [6, 6.07) is 8.02. The fraction of sp³-hybridized carbons (Fsp3) is 0.133. The number of rotatable bonds is 6. The zero-order chi connectivity index (χ0) is 16.2. The summed E-state index contributed by atoms with van der Waals surface area (Å²) < 4.78 is 18.5. The summed E-state index contributed by atoms with van der Waals surface area (Å²) in [7, 11) is 1.38. The minimum Gasteiger partial charge on any atom is -0.494 e. The van der Waals surface area contributed by atoms with Gasteiger partial charge in [-0.1, -0.05) is 17.8 Å². The molecule has 0 fully saturated rings. The standard InChI is InChI=1S/C15H12FN3O2S2/c1-21-12-5-4-9(7-10(12)16)11(20)8-23-15-17-14(18-19-15)13-3-2-6-22-13/h2-7H,8H2,1H3,(H,17,18,19). The van der Waals surface area contributed by atoms with Crippen LogP contribution in [0.1, 0.15) is 10.4 Å². The molecule has 118 valence electrons. The third kappa shape index (κ3) is 3.59. The first-order valence-electron chi connectivity index (χ1n) is 6.63. The molecule has 0 atom stereocenters. The average molecular weight is 349 g/mol. The van der Waals surface area contributed by atoms with E-state index in [-0.39, 0.29) is 17.3 Å². The predicted molar refractivity (Wildman–Crippen MR) is 87.7 cm³/mol. The lowest BCUT2D eigenvalue weighted by molar-refractivity contribution is 0.102. The monoisotopic (exact) mass is 349 g/mol. The highest BCUT2D eigenvalue weighted by Crippen LogP contribution is 2.24. The van der Waals surface area contributed by atoms with E-state index >= 15 is 0 Å². The minimum absolute atomic E-state index is 0.115. The molecule has 1 N–H and O–H groups in total. The maximum Gasteiger partial charge on any atom is 0.209 e. The number of carbonyl (C=O) groups is 1. The molecule has 2 aromatic heterocycles. The lowest BCUT2D eigenvalue weighted by Crippen LogP contribution is -2.03. The van der Waals surface area contributed by atoms with Crippen LogP contribution < -0.4 is 4.74 Å². The summed E-state index contributed by atoms with van der Waals surface area (Å²) in [6.45, 7) is 0. The molecule has 0 unspecified atom stereocenters. The minimum atomic E-state index is -0.554. The number of ketones is 1. The molecule has 0 bridgehead atoms. The number of benzene rings is 1. The van der Waals surface area contributed by atoms with Gasteiger partial charge in [-0.15, -0.1) is 16.4 Å². The van der Waals surface area contributed by atoms with Crippen LogP contribution in [0.25, 0.3) is 10.7 Å². The molecule has 23 heavy (non-hydrogen) atoms. The van der Waals surface area contributed by atoms with Crippen LogP contribution in [0.2, 0.25) is 0 Å². The Morgan fingerprint density at radius 3 is 3.00 bits per heavy atom. The maximum atomic E-state index is 13.6. The van der Waals surface area contributed by atoms with Crippen LogP contribution in [0.3, 0.4) is 0 Å². The van der Waals surface area contributed by atoms with Crippen molar-refractivity contribution in [3.8, 4) is 16.5 Å². The summed E-state index contributed by atoms with van der Waals surface area (Å²) in [5.41, 5.74) is 0.296. The Morgan fingerprint density at radius 1 is 1.43 bits per heavy atom. The molecule has 0 amide bonds. The molecule has 0 spiro atoms. The Morgan fingerprint density at radius 2 is 2.30 bits per heavy atom. The predicted octanol–water partition coefficient (Wildman–Crippen LogP) is 3.66. The highest BCUT2D eigenvalue weighted by atomic mass is 32.2. The molecular weight excluding hydrogens is 337 g/mol. The second-order valence-corrected chi connectivity index (χ2v) is 6.40. The third-order valence-corrected chi connectivity index (χ3v) is 4.75. The number of thioether (sulfide) groups is 1. The van der Waals surface area contributed by atoms with Crippen LogP contribution in [0.5, 0.6) is 5.75 Å². The van der Waals surface area contributed by atoms with E-state index in [9.17, 15) is 9.18 Å². The fourth-order valence-corrected chi connectivity index (χ4v) is 3.24. The fourth-order valence-electron chi connectivity index (χ4n) is 1.89. The van der Waals surface area contributed by atoms with Gasteiger partial charge in [0.1, 0.15) is 0 Å². The van der Waals surface area contributed by atoms with Crippen molar-refractivity contribution in [3.63, 3.8) is 0 Å². The van der Waals surface area contributed by atoms with Crippen molar-refractivity contribution in [3.05, 3.63) is 47.1 Å². The molecule has 3 aromatic rings. The molecule has 0 aliphatic carbocycles. The average Bonchev–Trinajstić information content (AvgIpc) is 3.23. The molecule has 0 saturated heterocycles. The zero-order valence-corrected chi connectivity index (χ0v) is 13.7. The summed E-state index contributed by atoms with van der Waals surface area (Å²) in [4.78, 5) is 17.4. The van der Waals surface area contributed by atoms with Gasteiger partial charge >= 0.3 is 0 Å². The number of ether oxygens (including phenoxy) is 1. The van der Waals surface area contributed by atoms with Crippen molar-refractivity contribution in [1.82, 2.24) is 15.2 Å². The van der Waals surface area contributed by atoms with Gasteiger partial charge in [0.15, 0.2) is 23.2 Å². The lowest BCUT2D eigenvalue weighted by Gasteiger charge is -2.03. The van der Waals surface area contributed by atoms with Gasteiger partial charge in [0.2, 0.25) is 5.16 Å². The second-order valence-electron chi connectivity index (χ2n) is 4.51. The number of nitrogens with one attached hydrogen (secondary N) is 1. The summed E-state index contributed by atoms with van der Waals surface area (Å²) >= 11 is 2.76. The van der Waals surface area contributed by atoms with Crippen molar-refractivity contribution in [2.24, 2.45) is 0 Å². The van der Waals surface area contributed by atoms with Crippen LogP contribution in [-0.2, 0) is 0 Å². The van der Waals surface area contributed by atoms with E-state index < -0.39 is 5.82 Å². The van der Waals surface area contributed by atoms with Crippen LogP contribution >= 0.6 is 23.1 Å². The molecule has 0 aliphatic heterocycles.